The van der Waals surface area contributed by atoms with Crippen LogP contribution < -0.4 is 4.74 Å². The number of nitrogens with zero attached hydrogens (tertiary/aromatic N) is 2. The molecule has 0 radical (unpaired) electrons. The van der Waals surface area contributed by atoms with Gasteiger partial charge in [0.1, 0.15) is 12.9 Å². The Hall–Kier alpha value is -1.49. The largest absolute Gasteiger partial charge is 0.481 e. The molecule has 0 fully saturated rings. The van der Waals surface area contributed by atoms with Crippen LogP contribution in [-0.4, -0.2) is 36.6 Å². The van der Waals surface area contributed by atoms with E-state index in [2.05, 4.69) is 9.97 Å². The van der Waals surface area contributed by atoms with Crippen LogP contribution in [0.2, 0.25) is 0 Å². The summed E-state index contributed by atoms with van der Waals surface area (Å²) in [6.45, 7) is 1.93. The second kappa shape index (κ2) is 5.41. The number of rotatable bonds is 5. The lowest BCUT2D eigenvalue weighted by atomic mass is 10.1. The number of aromatic nitrogens is 2. The molecule has 0 N–H and O–H groups in total. The number of hydrogen-bond donors (Lipinski definition) is 0. The predicted molar refractivity (Wildman–Crippen MR) is 53.9 cm³/mol. The van der Waals surface area contributed by atoms with Crippen LogP contribution in [0.4, 0.5) is 0 Å². The van der Waals surface area contributed by atoms with E-state index in [9.17, 15) is 4.79 Å². The summed E-state index contributed by atoms with van der Waals surface area (Å²) >= 11 is 0. The molecule has 1 heterocycles. The van der Waals surface area contributed by atoms with Crippen molar-refractivity contribution in [2.75, 3.05) is 20.8 Å². The van der Waals surface area contributed by atoms with Gasteiger partial charge in [-0.1, -0.05) is 0 Å². The fraction of sp³-hybridized carbons (Fsp3) is 0.500. The van der Waals surface area contributed by atoms with Crippen molar-refractivity contribution in [3.8, 4) is 5.88 Å². The van der Waals surface area contributed by atoms with E-state index in [1.165, 1.54) is 20.5 Å². The summed E-state index contributed by atoms with van der Waals surface area (Å²) in [5.74, 6) is 0.492. The molecule has 0 amide bonds. The average Bonchev–Trinajstić information content (AvgIpc) is 2.21. The summed E-state index contributed by atoms with van der Waals surface area (Å²) in [5.41, 5.74) is 1.48. The summed E-state index contributed by atoms with van der Waals surface area (Å²) in [4.78, 5) is 19.3. The van der Waals surface area contributed by atoms with Gasteiger partial charge in [0.15, 0.2) is 5.78 Å². The van der Waals surface area contributed by atoms with Crippen LogP contribution in [0.5, 0.6) is 5.88 Å². The second-order valence-electron chi connectivity index (χ2n) is 3.10. The average molecular weight is 210 g/mol. The van der Waals surface area contributed by atoms with Gasteiger partial charge in [0, 0.05) is 12.7 Å². The zero-order valence-electron chi connectivity index (χ0n) is 9.11. The van der Waals surface area contributed by atoms with Gasteiger partial charge in [0.25, 0.3) is 0 Å². The van der Waals surface area contributed by atoms with Crippen LogP contribution >= 0.6 is 0 Å². The van der Waals surface area contributed by atoms with E-state index >= 15 is 0 Å². The van der Waals surface area contributed by atoms with Crippen LogP contribution in [0.3, 0.4) is 0 Å². The molecule has 0 aliphatic rings. The van der Waals surface area contributed by atoms with Gasteiger partial charge in [0.2, 0.25) is 5.88 Å². The highest BCUT2D eigenvalue weighted by atomic mass is 16.5. The summed E-state index contributed by atoms with van der Waals surface area (Å²) < 4.78 is 9.78. The fourth-order valence-corrected chi connectivity index (χ4v) is 1.25. The van der Waals surface area contributed by atoms with E-state index < -0.39 is 0 Å². The van der Waals surface area contributed by atoms with E-state index in [1.54, 1.807) is 0 Å². The molecule has 0 unspecified atom stereocenters. The minimum absolute atomic E-state index is 0.0126. The van der Waals surface area contributed by atoms with Crippen molar-refractivity contribution >= 4 is 5.78 Å². The molecule has 0 saturated heterocycles. The first kappa shape index (κ1) is 11.6. The number of ether oxygens (including phenoxy) is 2. The van der Waals surface area contributed by atoms with Gasteiger partial charge in [-0.15, -0.1) is 0 Å². The third kappa shape index (κ3) is 2.99. The SMILES string of the molecule is COCC(=O)Cc1ncnc(OC)c1C. The van der Waals surface area contributed by atoms with Gasteiger partial charge in [-0.25, -0.2) is 9.97 Å². The summed E-state index contributed by atoms with van der Waals surface area (Å²) in [6, 6.07) is 0. The maximum absolute atomic E-state index is 11.3. The fourth-order valence-electron chi connectivity index (χ4n) is 1.25. The first-order valence-corrected chi connectivity index (χ1v) is 4.54. The Balaban J connectivity index is 2.81. The van der Waals surface area contributed by atoms with Gasteiger partial charge in [-0.2, -0.15) is 0 Å². The smallest absolute Gasteiger partial charge is 0.219 e. The molecule has 0 spiro atoms. The van der Waals surface area contributed by atoms with Gasteiger partial charge in [-0.05, 0) is 6.92 Å². The number of ketones is 1. The van der Waals surface area contributed by atoms with E-state index in [0.717, 1.165) is 5.56 Å². The molecule has 82 valence electrons. The van der Waals surface area contributed by atoms with Gasteiger partial charge in [-0.3, -0.25) is 4.79 Å². The Bertz CT molecular complexity index is 353. The predicted octanol–water partition coefficient (Wildman–Crippen LogP) is 0.552. The summed E-state index contributed by atoms with van der Waals surface area (Å²) in [7, 11) is 3.03. The second-order valence-corrected chi connectivity index (χ2v) is 3.10. The highest BCUT2D eigenvalue weighted by Gasteiger charge is 2.10. The molecule has 5 nitrogen and oxygen atoms in total. The lowest BCUT2D eigenvalue weighted by molar-refractivity contribution is -0.122. The van der Waals surface area contributed by atoms with Crippen LogP contribution in [0, 0.1) is 6.92 Å². The molecule has 0 aromatic carbocycles. The lowest BCUT2D eigenvalue weighted by Crippen LogP contribution is -2.12. The van der Waals surface area contributed by atoms with E-state index in [1.807, 2.05) is 6.92 Å². The monoisotopic (exact) mass is 210 g/mol. The van der Waals surface area contributed by atoms with Crippen molar-refractivity contribution in [1.29, 1.82) is 0 Å². The maximum Gasteiger partial charge on any atom is 0.219 e. The Morgan fingerprint density at radius 1 is 1.40 bits per heavy atom. The van der Waals surface area contributed by atoms with Crippen LogP contribution in [0.25, 0.3) is 0 Å². The van der Waals surface area contributed by atoms with Crippen molar-refractivity contribution in [3.63, 3.8) is 0 Å². The van der Waals surface area contributed by atoms with Crippen LogP contribution in [-0.2, 0) is 16.0 Å². The zero-order valence-corrected chi connectivity index (χ0v) is 9.11. The number of Topliss-reactive ketones (excluding diaryl/α,β-unsaturated/α-hetero) is 1. The molecule has 15 heavy (non-hydrogen) atoms. The Labute approximate surface area is 88.4 Å². The molecule has 5 heteroatoms. The van der Waals surface area contributed by atoms with Gasteiger partial charge in [0.05, 0.1) is 19.2 Å². The number of methoxy groups -OCH3 is 2. The molecule has 1 aromatic heterocycles. The number of carbonyl (C=O) groups excluding carboxylic acids is 1. The van der Waals surface area contributed by atoms with Crippen LogP contribution in [0.1, 0.15) is 11.3 Å². The van der Waals surface area contributed by atoms with Crippen molar-refractivity contribution < 1.29 is 14.3 Å². The third-order valence-corrected chi connectivity index (χ3v) is 2.01. The normalized spacial score (nSPS) is 10.1. The zero-order chi connectivity index (χ0) is 11.3. The van der Waals surface area contributed by atoms with Crippen molar-refractivity contribution in [2.24, 2.45) is 0 Å². The molecule has 0 aliphatic heterocycles. The van der Waals surface area contributed by atoms with Crippen molar-refractivity contribution in [2.45, 2.75) is 13.3 Å². The summed E-state index contributed by atoms with van der Waals surface area (Å²) in [5, 5.41) is 0. The van der Waals surface area contributed by atoms with E-state index in [4.69, 9.17) is 9.47 Å². The lowest BCUT2D eigenvalue weighted by Gasteiger charge is -2.06. The quantitative estimate of drug-likeness (QED) is 0.710. The molecule has 0 bridgehead atoms. The molecule has 1 aromatic rings. The number of hydrogen-bond acceptors (Lipinski definition) is 5. The Morgan fingerprint density at radius 2 is 2.13 bits per heavy atom. The van der Waals surface area contributed by atoms with Crippen LogP contribution in [0.15, 0.2) is 6.33 Å². The molecule has 0 saturated carbocycles. The van der Waals surface area contributed by atoms with Gasteiger partial charge < -0.3 is 9.47 Å². The molecular weight excluding hydrogens is 196 g/mol. The molecule has 0 aliphatic carbocycles. The van der Waals surface area contributed by atoms with E-state index in [0.29, 0.717) is 11.6 Å². The highest BCUT2D eigenvalue weighted by molar-refractivity contribution is 5.82. The Kier molecular flexibility index (Phi) is 4.17. The maximum atomic E-state index is 11.3. The first-order valence-electron chi connectivity index (χ1n) is 4.54. The molecule has 0 atom stereocenters. The third-order valence-electron chi connectivity index (χ3n) is 2.01. The topological polar surface area (TPSA) is 61.3 Å². The minimum Gasteiger partial charge on any atom is -0.481 e. The van der Waals surface area contributed by atoms with Crippen molar-refractivity contribution in [1.82, 2.24) is 9.97 Å². The minimum atomic E-state index is -0.0126. The highest BCUT2D eigenvalue weighted by Crippen LogP contribution is 2.15. The summed E-state index contributed by atoms with van der Waals surface area (Å²) in [6.07, 6.45) is 1.64. The van der Waals surface area contributed by atoms with E-state index in [-0.39, 0.29) is 18.8 Å². The van der Waals surface area contributed by atoms with Crippen molar-refractivity contribution in [3.05, 3.63) is 17.6 Å². The Morgan fingerprint density at radius 3 is 2.73 bits per heavy atom. The van der Waals surface area contributed by atoms with Gasteiger partial charge >= 0.3 is 0 Å². The molecular formula is C10H14N2O3. The number of carbonyl (C=O) groups is 1. The first-order chi connectivity index (χ1) is 7.19. The standard InChI is InChI=1S/C10H14N2O3/c1-7-9(4-8(13)5-14-2)11-6-12-10(7)15-3/h6H,4-5H2,1-3H3. The molecule has 1 rings (SSSR count).